The topological polar surface area (TPSA) is 51.2 Å². The molecule has 0 saturated carbocycles. The van der Waals surface area contributed by atoms with E-state index in [2.05, 4.69) is 61.1 Å². The summed E-state index contributed by atoms with van der Waals surface area (Å²) in [6.45, 7) is 0. The molecule has 7 heteroatoms. The summed E-state index contributed by atoms with van der Waals surface area (Å²) in [6.07, 6.45) is 1.46. The molecule has 0 unspecified atom stereocenters. The number of hydrogen-bond donors (Lipinski definition) is 0. The van der Waals surface area contributed by atoms with Crippen LogP contribution < -0.4 is 0 Å². The Morgan fingerprint density at radius 1 is 0.828 bits per heavy atom. The van der Waals surface area contributed by atoms with Gasteiger partial charge >= 0.3 is 0 Å². The van der Waals surface area contributed by atoms with Gasteiger partial charge in [-0.15, -0.1) is 0 Å². The second-order valence-corrected chi connectivity index (χ2v) is 11.6. The summed E-state index contributed by atoms with van der Waals surface area (Å²) in [5.74, 6) is -0.746. The zero-order chi connectivity index (χ0) is 21.0. The fourth-order valence-corrected chi connectivity index (χ4v) is 5.11. The van der Waals surface area contributed by atoms with E-state index >= 15 is 0 Å². The minimum absolute atomic E-state index is 0.209. The zero-order valence-corrected chi connectivity index (χ0v) is 21.7. The minimum Gasteiger partial charge on any atom is -0.288 e. The van der Waals surface area contributed by atoms with Crippen molar-refractivity contribution in [1.29, 1.82) is 0 Å². The molecule has 0 atom stereocenters. The Kier molecular flexibility index (Phi) is 7.69. The Labute approximate surface area is 205 Å². The quantitative estimate of drug-likeness (QED) is 0.169. The molecule has 0 bridgehead atoms. The Morgan fingerprint density at radius 2 is 1.34 bits per heavy atom. The lowest BCUT2D eigenvalue weighted by Gasteiger charge is -2.10. The summed E-state index contributed by atoms with van der Waals surface area (Å²) < 4.78 is 29.3. The van der Waals surface area contributed by atoms with Crippen LogP contribution in [0.15, 0.2) is 82.2 Å². The largest absolute Gasteiger partial charge is 0.288 e. The van der Waals surface area contributed by atoms with Crippen molar-refractivity contribution in [1.82, 2.24) is 0 Å². The third kappa shape index (κ3) is 6.22. The van der Waals surface area contributed by atoms with Crippen LogP contribution in [0.1, 0.15) is 21.5 Å². The van der Waals surface area contributed by atoms with E-state index in [0.29, 0.717) is 16.7 Å². The third-order valence-electron chi connectivity index (χ3n) is 4.10. The monoisotopic (exact) mass is 692 g/mol. The Bertz CT molecular complexity index is 1150. The van der Waals surface area contributed by atoms with Crippen LogP contribution in [0.3, 0.4) is 0 Å². The van der Waals surface area contributed by atoms with Crippen molar-refractivity contribution in [2.45, 2.75) is 5.75 Å². The maximum absolute atomic E-state index is 13.2. The summed E-state index contributed by atoms with van der Waals surface area (Å²) in [5.41, 5.74) is 1.63. The molecule has 0 aliphatic rings. The molecule has 3 nitrogen and oxygen atoms in total. The zero-order valence-electron chi connectivity index (χ0n) is 15.0. The van der Waals surface area contributed by atoms with Crippen LogP contribution in [0.2, 0.25) is 0 Å². The molecule has 0 N–H and O–H groups in total. The average molecular weight is 693 g/mol. The summed E-state index contributed by atoms with van der Waals surface area (Å²) in [7, 11) is -3.86. The van der Waals surface area contributed by atoms with Gasteiger partial charge in [0.1, 0.15) is 4.91 Å². The van der Waals surface area contributed by atoms with Crippen molar-refractivity contribution in [2.24, 2.45) is 0 Å². The maximum Gasteiger partial charge on any atom is 0.204 e. The molecule has 0 aliphatic carbocycles. The van der Waals surface area contributed by atoms with Gasteiger partial charge in [0.2, 0.25) is 5.78 Å². The molecule has 0 aliphatic heterocycles. The van der Waals surface area contributed by atoms with Gasteiger partial charge in [0, 0.05) is 17.2 Å². The minimum atomic E-state index is -3.86. The molecule has 0 spiro atoms. The maximum atomic E-state index is 13.2. The normalized spacial score (nSPS) is 12.0. The molecule has 0 radical (unpaired) electrons. The summed E-state index contributed by atoms with van der Waals surface area (Å²) >= 11 is 7.68. The van der Waals surface area contributed by atoms with Crippen molar-refractivity contribution in [3.8, 4) is 0 Å². The van der Waals surface area contributed by atoms with E-state index in [-0.39, 0.29) is 10.7 Å². The molecule has 29 heavy (non-hydrogen) atoms. The van der Waals surface area contributed by atoms with Gasteiger partial charge in [0.25, 0.3) is 0 Å². The lowest BCUT2D eigenvalue weighted by molar-refractivity contribution is 0.104. The van der Waals surface area contributed by atoms with Crippen molar-refractivity contribution < 1.29 is 13.2 Å². The summed E-state index contributed by atoms with van der Waals surface area (Å²) in [6, 6.07) is 21.3. The second-order valence-electron chi connectivity index (χ2n) is 6.28. The number of allylic oxidation sites excluding steroid dienone is 1. The van der Waals surface area contributed by atoms with Gasteiger partial charge in [-0.1, -0.05) is 40.2 Å². The smallest absolute Gasteiger partial charge is 0.204 e. The number of rotatable bonds is 6. The predicted octanol–water partition coefficient (Wildman–Crippen LogP) is 6.50. The van der Waals surface area contributed by atoms with E-state index in [1.807, 2.05) is 24.3 Å². The number of Topliss-reactive ketones (excluding diaryl/α,β-unsaturated/α-hetero) is 1. The van der Waals surface area contributed by atoms with Crippen LogP contribution >= 0.6 is 61.1 Å². The predicted molar refractivity (Wildman–Crippen MR) is 137 cm³/mol. The molecule has 0 aromatic heterocycles. The van der Waals surface area contributed by atoms with Gasteiger partial charge in [-0.05, 0) is 111 Å². The first-order valence-corrected chi connectivity index (χ1v) is 13.1. The van der Waals surface area contributed by atoms with Crippen molar-refractivity contribution in [3.63, 3.8) is 0 Å². The van der Waals surface area contributed by atoms with Gasteiger partial charge < -0.3 is 0 Å². The highest BCUT2D eigenvalue weighted by Crippen LogP contribution is 2.24. The Hall–Kier alpha value is -1.04. The van der Waals surface area contributed by atoms with E-state index in [0.717, 1.165) is 11.6 Å². The third-order valence-corrected chi connectivity index (χ3v) is 7.76. The molecule has 0 heterocycles. The van der Waals surface area contributed by atoms with E-state index in [1.165, 1.54) is 6.08 Å². The fraction of sp³-hybridized carbons (Fsp3) is 0.0455. The van der Waals surface area contributed by atoms with Gasteiger partial charge in [-0.25, -0.2) is 8.42 Å². The molecule has 0 amide bonds. The van der Waals surface area contributed by atoms with Gasteiger partial charge in [0.15, 0.2) is 9.84 Å². The Balaban J connectivity index is 2.05. The van der Waals surface area contributed by atoms with Crippen LogP contribution in [0.5, 0.6) is 0 Å². The van der Waals surface area contributed by atoms with Crippen molar-refractivity contribution in [3.05, 3.63) is 106 Å². The highest BCUT2D eigenvalue weighted by molar-refractivity contribution is 14.1. The van der Waals surface area contributed by atoms with E-state index < -0.39 is 15.6 Å². The van der Waals surface area contributed by atoms with Crippen LogP contribution in [-0.2, 0) is 15.6 Å². The molecule has 3 aromatic carbocycles. The number of sulfone groups is 1. The van der Waals surface area contributed by atoms with E-state index in [4.69, 9.17) is 0 Å². The Morgan fingerprint density at radius 3 is 1.90 bits per heavy atom. The number of ketones is 1. The van der Waals surface area contributed by atoms with Gasteiger partial charge in [-0.3, -0.25) is 4.79 Å². The first-order chi connectivity index (χ1) is 13.7. The standard InChI is InChI=1S/C22H15BrI2O3S/c23-18-7-5-17(6-8-18)22(26)21(13-15-1-9-19(24)10-2-15)29(27,28)14-16-3-11-20(25)12-4-16/h1-13H,14H2. The number of benzene rings is 3. The first kappa shape index (κ1) is 22.6. The molecule has 0 fully saturated rings. The first-order valence-electron chi connectivity index (χ1n) is 8.49. The van der Waals surface area contributed by atoms with Crippen LogP contribution in [0.4, 0.5) is 0 Å². The molecule has 148 valence electrons. The number of hydrogen-bond acceptors (Lipinski definition) is 3. The lowest BCUT2D eigenvalue weighted by atomic mass is 10.1. The number of carbonyl (C=O) groups is 1. The lowest BCUT2D eigenvalue weighted by Crippen LogP contribution is -2.16. The second kappa shape index (κ2) is 9.84. The summed E-state index contributed by atoms with van der Waals surface area (Å²) in [4.78, 5) is 12.9. The highest BCUT2D eigenvalue weighted by atomic mass is 127. The van der Waals surface area contributed by atoms with Crippen molar-refractivity contribution >= 4 is 82.8 Å². The highest BCUT2D eigenvalue weighted by Gasteiger charge is 2.26. The van der Waals surface area contributed by atoms with Gasteiger partial charge in [-0.2, -0.15) is 0 Å². The molecular formula is C22H15BrI2O3S. The van der Waals surface area contributed by atoms with E-state index in [1.54, 1.807) is 48.5 Å². The van der Waals surface area contributed by atoms with Crippen LogP contribution in [0, 0.1) is 7.14 Å². The van der Waals surface area contributed by atoms with Crippen LogP contribution in [-0.4, -0.2) is 14.2 Å². The average Bonchev–Trinajstić information content (AvgIpc) is 2.69. The SMILES string of the molecule is O=C(C(=Cc1ccc(I)cc1)S(=O)(=O)Cc1ccc(I)cc1)c1ccc(Br)cc1. The molecule has 3 rings (SSSR count). The molecule has 3 aromatic rings. The molecule has 0 saturated heterocycles. The van der Waals surface area contributed by atoms with Gasteiger partial charge in [0.05, 0.1) is 5.75 Å². The fourth-order valence-electron chi connectivity index (χ4n) is 2.63. The number of carbonyl (C=O) groups excluding carboxylic acids is 1. The molecular weight excluding hydrogens is 678 g/mol. The summed E-state index contributed by atoms with van der Waals surface area (Å²) in [5, 5.41) is 0. The van der Waals surface area contributed by atoms with Crippen LogP contribution in [0.25, 0.3) is 6.08 Å². The van der Waals surface area contributed by atoms with E-state index in [9.17, 15) is 13.2 Å². The van der Waals surface area contributed by atoms with Crippen molar-refractivity contribution in [2.75, 3.05) is 0 Å². The number of halogens is 3.